The number of likely N-dealkylation sites (tertiary alicyclic amines) is 1. The number of benzene rings is 1. The first-order chi connectivity index (χ1) is 11.2. The van der Waals surface area contributed by atoms with Crippen molar-refractivity contribution in [2.45, 2.75) is 24.5 Å². The van der Waals surface area contributed by atoms with Gasteiger partial charge in [0.1, 0.15) is 6.54 Å². The first-order valence-electron chi connectivity index (χ1n) is 8.03. The van der Waals surface area contributed by atoms with Crippen LogP contribution in [-0.2, 0) is 18.4 Å². The molecule has 6 heteroatoms. The van der Waals surface area contributed by atoms with E-state index < -0.39 is 0 Å². The van der Waals surface area contributed by atoms with E-state index in [0.29, 0.717) is 5.75 Å². The highest BCUT2D eigenvalue weighted by Gasteiger charge is 2.15. The van der Waals surface area contributed by atoms with Crippen molar-refractivity contribution in [1.29, 1.82) is 0 Å². The minimum absolute atomic E-state index is 0.00378. The van der Waals surface area contributed by atoms with Crippen molar-refractivity contribution >= 4 is 23.4 Å². The predicted octanol–water partition coefficient (Wildman–Crippen LogP) is 1.33. The van der Waals surface area contributed by atoms with Gasteiger partial charge in [0, 0.05) is 43.5 Å². The van der Waals surface area contributed by atoms with E-state index in [0.717, 1.165) is 17.4 Å². The molecule has 5 nitrogen and oxygen atoms in total. The zero-order chi connectivity index (χ0) is 16.1. The maximum atomic E-state index is 12.0. The normalized spacial score (nSPS) is 15.0. The van der Waals surface area contributed by atoms with Crippen LogP contribution in [0.4, 0.5) is 5.69 Å². The second kappa shape index (κ2) is 7.66. The summed E-state index contributed by atoms with van der Waals surface area (Å²) in [5.41, 5.74) is 2.19. The molecule has 0 unspecified atom stereocenters. The van der Waals surface area contributed by atoms with Crippen LogP contribution in [0.1, 0.15) is 18.4 Å². The van der Waals surface area contributed by atoms with Gasteiger partial charge in [-0.05, 0) is 12.1 Å². The molecule has 23 heavy (non-hydrogen) atoms. The minimum Gasteiger partial charge on any atom is -0.331 e. The van der Waals surface area contributed by atoms with Crippen molar-refractivity contribution in [3.63, 3.8) is 0 Å². The summed E-state index contributed by atoms with van der Waals surface area (Å²) in [6.45, 7) is 3.65. The van der Waals surface area contributed by atoms with Crippen molar-refractivity contribution in [3.8, 4) is 0 Å². The molecule has 0 spiro atoms. The molecular formula is C17H23N4OS+. The van der Waals surface area contributed by atoms with Gasteiger partial charge >= 0.3 is 0 Å². The van der Waals surface area contributed by atoms with E-state index in [1.54, 1.807) is 11.1 Å². The van der Waals surface area contributed by atoms with E-state index in [2.05, 4.69) is 22.4 Å². The van der Waals surface area contributed by atoms with Crippen LogP contribution in [0, 0.1) is 0 Å². The van der Waals surface area contributed by atoms with Gasteiger partial charge in [-0.15, -0.1) is 0 Å². The fourth-order valence-corrected chi connectivity index (χ4v) is 3.60. The summed E-state index contributed by atoms with van der Waals surface area (Å²) in [6, 6.07) is 8.22. The van der Waals surface area contributed by atoms with Gasteiger partial charge in [0.25, 0.3) is 0 Å². The molecule has 0 saturated carbocycles. The number of nitrogens with one attached hydrogen (secondary N) is 2. The Bertz CT molecular complexity index is 647. The predicted molar refractivity (Wildman–Crippen MR) is 92.6 cm³/mol. The molecular weight excluding hydrogens is 308 g/mol. The van der Waals surface area contributed by atoms with E-state index in [-0.39, 0.29) is 5.91 Å². The maximum absolute atomic E-state index is 12.0. The molecule has 1 aliphatic rings. The monoisotopic (exact) mass is 331 g/mol. The zero-order valence-electron chi connectivity index (χ0n) is 13.4. The molecule has 1 saturated heterocycles. The minimum atomic E-state index is -0.00378. The van der Waals surface area contributed by atoms with Crippen molar-refractivity contribution in [3.05, 3.63) is 42.2 Å². The third kappa shape index (κ3) is 4.59. The number of nitrogens with zero attached hydrogens (tertiary/aromatic N) is 2. The summed E-state index contributed by atoms with van der Waals surface area (Å²) in [6.07, 6.45) is 6.30. The van der Waals surface area contributed by atoms with Crippen LogP contribution in [0.3, 0.4) is 0 Å². The number of imidazole rings is 1. The van der Waals surface area contributed by atoms with Gasteiger partial charge in [-0.1, -0.05) is 23.9 Å². The molecule has 122 valence electrons. The highest BCUT2D eigenvalue weighted by molar-refractivity contribution is 7.99. The lowest BCUT2D eigenvalue weighted by Gasteiger charge is -2.12. The zero-order valence-corrected chi connectivity index (χ0v) is 14.2. The van der Waals surface area contributed by atoms with Gasteiger partial charge in [-0.2, -0.15) is 0 Å². The van der Waals surface area contributed by atoms with Crippen molar-refractivity contribution < 1.29 is 9.69 Å². The summed E-state index contributed by atoms with van der Waals surface area (Å²) in [4.78, 5) is 17.9. The lowest BCUT2D eigenvalue weighted by molar-refractivity contribution is -0.901. The molecule has 0 radical (unpaired) electrons. The average Bonchev–Trinajstić information content (AvgIpc) is 3.19. The van der Waals surface area contributed by atoms with Crippen LogP contribution < -0.4 is 10.2 Å². The molecule has 2 aromatic rings. The highest BCUT2D eigenvalue weighted by atomic mass is 32.2. The summed E-state index contributed by atoms with van der Waals surface area (Å²) in [5, 5.41) is 3.79. The van der Waals surface area contributed by atoms with E-state index >= 15 is 0 Å². The Kier molecular flexibility index (Phi) is 5.35. The van der Waals surface area contributed by atoms with Crippen LogP contribution in [0.5, 0.6) is 0 Å². The van der Waals surface area contributed by atoms with Gasteiger partial charge in [0.05, 0.1) is 18.8 Å². The number of aromatic nitrogens is 2. The number of amides is 1. The number of anilines is 1. The van der Waals surface area contributed by atoms with Crippen LogP contribution in [0.2, 0.25) is 0 Å². The van der Waals surface area contributed by atoms with Crippen LogP contribution in [-0.4, -0.2) is 34.3 Å². The fraction of sp³-hybridized carbons (Fsp3) is 0.412. The quantitative estimate of drug-likeness (QED) is 0.785. The standard InChI is InChI=1S/C17H22N4OS/c1-20-11-8-18-17(20)23-13-16(22)19-15-6-4-14(5-7-15)12-21-9-2-3-10-21/h4-8,11H,2-3,9-10,12-13H2,1H3,(H,19,22)/p+1. The third-order valence-corrected chi connectivity index (χ3v) is 5.17. The molecule has 1 aliphatic heterocycles. The molecule has 0 aliphatic carbocycles. The number of aryl methyl sites for hydroxylation is 1. The number of rotatable bonds is 6. The van der Waals surface area contributed by atoms with Crippen molar-refractivity contribution in [1.82, 2.24) is 9.55 Å². The summed E-state index contributed by atoms with van der Waals surface area (Å²) < 4.78 is 1.91. The summed E-state index contributed by atoms with van der Waals surface area (Å²) in [5.74, 6) is 0.362. The summed E-state index contributed by atoms with van der Waals surface area (Å²) in [7, 11) is 1.92. The molecule has 1 amide bonds. The van der Waals surface area contributed by atoms with Crippen LogP contribution in [0.15, 0.2) is 41.8 Å². The Hall–Kier alpha value is -1.79. The van der Waals surface area contributed by atoms with Gasteiger partial charge in [0.15, 0.2) is 5.16 Å². The van der Waals surface area contributed by atoms with Gasteiger partial charge in [0.2, 0.25) is 5.91 Å². The molecule has 2 N–H and O–H groups in total. The SMILES string of the molecule is Cn1ccnc1SCC(=O)Nc1ccc(C[NH+]2CCCC2)cc1. The van der Waals surface area contributed by atoms with E-state index in [9.17, 15) is 4.79 Å². The number of hydrogen-bond donors (Lipinski definition) is 2. The maximum Gasteiger partial charge on any atom is 0.234 e. The molecule has 3 rings (SSSR count). The number of quaternary nitrogens is 1. The largest absolute Gasteiger partial charge is 0.331 e. The number of carbonyl (C=O) groups is 1. The van der Waals surface area contributed by atoms with Gasteiger partial charge in [-0.3, -0.25) is 4.79 Å². The lowest BCUT2D eigenvalue weighted by atomic mass is 10.2. The van der Waals surface area contributed by atoms with Crippen LogP contribution >= 0.6 is 11.8 Å². The Balaban J connectivity index is 1.47. The lowest BCUT2D eigenvalue weighted by Crippen LogP contribution is -3.08. The topological polar surface area (TPSA) is 51.4 Å². The second-order valence-electron chi connectivity index (χ2n) is 5.99. The first-order valence-corrected chi connectivity index (χ1v) is 9.02. The fourth-order valence-electron chi connectivity index (χ4n) is 2.86. The second-order valence-corrected chi connectivity index (χ2v) is 6.93. The van der Waals surface area contributed by atoms with Crippen molar-refractivity contribution in [2.75, 3.05) is 24.2 Å². The Morgan fingerprint density at radius 2 is 2.04 bits per heavy atom. The highest BCUT2D eigenvalue weighted by Crippen LogP contribution is 2.15. The van der Waals surface area contributed by atoms with Crippen LogP contribution in [0.25, 0.3) is 0 Å². The molecule has 1 fully saturated rings. The molecule has 1 aromatic carbocycles. The van der Waals surface area contributed by atoms with Gasteiger partial charge < -0.3 is 14.8 Å². The number of hydrogen-bond acceptors (Lipinski definition) is 3. The smallest absolute Gasteiger partial charge is 0.234 e. The van der Waals surface area contributed by atoms with E-state index in [1.165, 1.54) is 43.3 Å². The third-order valence-electron chi connectivity index (χ3n) is 4.11. The average molecular weight is 331 g/mol. The van der Waals surface area contributed by atoms with Crippen molar-refractivity contribution in [2.24, 2.45) is 7.05 Å². The summed E-state index contributed by atoms with van der Waals surface area (Å²) >= 11 is 1.44. The van der Waals surface area contributed by atoms with E-state index in [4.69, 9.17) is 0 Å². The number of thioether (sulfide) groups is 1. The Morgan fingerprint density at radius 1 is 1.30 bits per heavy atom. The number of carbonyl (C=O) groups excluding carboxylic acids is 1. The van der Waals surface area contributed by atoms with E-state index in [1.807, 2.05) is 29.9 Å². The molecule has 0 bridgehead atoms. The Labute approximate surface area is 141 Å². The molecule has 2 heterocycles. The first kappa shape index (κ1) is 16.1. The van der Waals surface area contributed by atoms with Gasteiger partial charge in [-0.25, -0.2) is 4.98 Å². The molecule has 0 atom stereocenters. The molecule has 1 aromatic heterocycles. The Morgan fingerprint density at radius 3 is 2.70 bits per heavy atom.